The van der Waals surface area contributed by atoms with Crippen molar-refractivity contribution in [2.45, 2.75) is 32.2 Å². The number of piperidine rings is 1. The minimum Gasteiger partial charge on any atom is -0.494 e. The molecule has 1 fully saturated rings. The largest absolute Gasteiger partial charge is 0.494 e. The maximum atomic E-state index is 11.5. The summed E-state index contributed by atoms with van der Waals surface area (Å²) < 4.78 is 5.86. The van der Waals surface area contributed by atoms with Crippen molar-refractivity contribution in [3.63, 3.8) is 0 Å². The van der Waals surface area contributed by atoms with Crippen LogP contribution < -0.4 is 4.74 Å². The van der Waals surface area contributed by atoms with Crippen LogP contribution in [0.1, 0.15) is 37.1 Å². The van der Waals surface area contributed by atoms with E-state index in [4.69, 9.17) is 4.74 Å². The molecule has 0 aliphatic carbocycles. The SMILES string of the molecule is CCOc1ccccc1C(Cc1ccccn1)N1CCCC(C(=O)O)C1. The van der Waals surface area contributed by atoms with Gasteiger partial charge in [0.05, 0.1) is 12.5 Å². The molecule has 0 amide bonds. The first-order valence-corrected chi connectivity index (χ1v) is 9.27. The van der Waals surface area contributed by atoms with Crippen molar-refractivity contribution in [3.8, 4) is 5.75 Å². The Labute approximate surface area is 154 Å². The zero-order valence-electron chi connectivity index (χ0n) is 15.2. The first kappa shape index (κ1) is 18.4. The molecule has 1 aromatic heterocycles. The summed E-state index contributed by atoms with van der Waals surface area (Å²) in [5.41, 5.74) is 2.10. The van der Waals surface area contributed by atoms with Crippen LogP contribution in [-0.4, -0.2) is 40.7 Å². The van der Waals surface area contributed by atoms with Gasteiger partial charge in [0.2, 0.25) is 0 Å². The van der Waals surface area contributed by atoms with E-state index in [1.165, 1.54) is 0 Å². The Hall–Kier alpha value is -2.40. The van der Waals surface area contributed by atoms with E-state index in [0.717, 1.165) is 42.8 Å². The lowest BCUT2D eigenvalue weighted by molar-refractivity contribution is -0.144. The van der Waals surface area contributed by atoms with Gasteiger partial charge in [-0.05, 0) is 44.5 Å². The topological polar surface area (TPSA) is 62.7 Å². The number of aliphatic carboxylic acids is 1. The van der Waals surface area contributed by atoms with Crippen molar-refractivity contribution in [1.29, 1.82) is 0 Å². The van der Waals surface area contributed by atoms with Crippen LogP contribution >= 0.6 is 0 Å². The second kappa shape index (κ2) is 8.81. The van der Waals surface area contributed by atoms with E-state index in [-0.39, 0.29) is 12.0 Å². The summed E-state index contributed by atoms with van der Waals surface area (Å²) >= 11 is 0. The van der Waals surface area contributed by atoms with Gasteiger partial charge in [-0.2, -0.15) is 0 Å². The van der Waals surface area contributed by atoms with Crippen LogP contribution in [0, 0.1) is 5.92 Å². The third-order valence-electron chi connectivity index (χ3n) is 4.95. The van der Waals surface area contributed by atoms with Crippen LogP contribution in [0.3, 0.4) is 0 Å². The van der Waals surface area contributed by atoms with E-state index in [2.05, 4.69) is 16.0 Å². The van der Waals surface area contributed by atoms with Crippen molar-refractivity contribution in [2.24, 2.45) is 5.92 Å². The maximum Gasteiger partial charge on any atom is 0.307 e. The van der Waals surface area contributed by atoms with Crippen LogP contribution in [0.2, 0.25) is 0 Å². The van der Waals surface area contributed by atoms with E-state index in [9.17, 15) is 9.90 Å². The average Bonchev–Trinajstić information content (AvgIpc) is 2.68. The lowest BCUT2D eigenvalue weighted by atomic mass is 9.92. The second-order valence-corrected chi connectivity index (χ2v) is 6.68. The van der Waals surface area contributed by atoms with Crippen molar-refractivity contribution in [2.75, 3.05) is 19.7 Å². The number of hydrogen-bond acceptors (Lipinski definition) is 4. The Bertz CT molecular complexity index is 720. The normalized spacial score (nSPS) is 19.0. The molecule has 0 saturated carbocycles. The summed E-state index contributed by atoms with van der Waals surface area (Å²) in [5, 5.41) is 9.47. The quantitative estimate of drug-likeness (QED) is 0.824. The van der Waals surface area contributed by atoms with Crippen molar-refractivity contribution >= 4 is 5.97 Å². The summed E-state index contributed by atoms with van der Waals surface area (Å²) in [6.45, 7) is 4.03. The highest BCUT2D eigenvalue weighted by molar-refractivity contribution is 5.70. The summed E-state index contributed by atoms with van der Waals surface area (Å²) in [5.74, 6) is -0.146. The van der Waals surface area contributed by atoms with Gasteiger partial charge in [0.15, 0.2) is 0 Å². The highest BCUT2D eigenvalue weighted by Gasteiger charge is 2.31. The van der Waals surface area contributed by atoms with Crippen LogP contribution in [0.4, 0.5) is 0 Å². The number of nitrogens with zero attached hydrogens (tertiary/aromatic N) is 2. The zero-order valence-corrected chi connectivity index (χ0v) is 15.2. The molecule has 2 atom stereocenters. The molecule has 0 spiro atoms. The fraction of sp³-hybridized carbons (Fsp3) is 0.429. The number of carbonyl (C=O) groups is 1. The summed E-state index contributed by atoms with van der Waals surface area (Å²) in [6, 6.07) is 14.0. The number of likely N-dealkylation sites (tertiary alicyclic amines) is 1. The monoisotopic (exact) mass is 354 g/mol. The summed E-state index contributed by atoms with van der Waals surface area (Å²) in [7, 11) is 0. The van der Waals surface area contributed by atoms with Gasteiger partial charge in [0.1, 0.15) is 5.75 Å². The van der Waals surface area contributed by atoms with Crippen LogP contribution in [0.15, 0.2) is 48.7 Å². The van der Waals surface area contributed by atoms with Crippen LogP contribution in [-0.2, 0) is 11.2 Å². The molecule has 2 aromatic rings. The number of rotatable bonds is 7. The van der Waals surface area contributed by atoms with Gasteiger partial charge >= 0.3 is 5.97 Å². The molecule has 5 nitrogen and oxygen atoms in total. The van der Waals surface area contributed by atoms with Gasteiger partial charge in [-0.25, -0.2) is 0 Å². The third-order valence-corrected chi connectivity index (χ3v) is 4.95. The lowest BCUT2D eigenvalue weighted by Crippen LogP contribution is -2.41. The lowest BCUT2D eigenvalue weighted by Gasteiger charge is -2.37. The van der Waals surface area contributed by atoms with Gasteiger partial charge in [-0.3, -0.25) is 14.7 Å². The number of benzene rings is 1. The molecule has 1 N–H and O–H groups in total. The standard InChI is InChI=1S/C21H26N2O3/c1-2-26-20-11-4-3-10-18(20)19(14-17-9-5-6-12-22-17)23-13-7-8-16(15-23)21(24)25/h3-6,9-12,16,19H,2,7-8,13-15H2,1H3,(H,24,25). The van der Waals surface area contributed by atoms with Crippen LogP contribution in [0.25, 0.3) is 0 Å². The van der Waals surface area contributed by atoms with Crippen molar-refractivity contribution in [3.05, 3.63) is 59.9 Å². The minimum atomic E-state index is -0.704. The molecular weight excluding hydrogens is 328 g/mol. The number of aromatic nitrogens is 1. The highest BCUT2D eigenvalue weighted by Crippen LogP contribution is 2.34. The number of hydrogen-bond donors (Lipinski definition) is 1. The van der Waals surface area contributed by atoms with Crippen LogP contribution in [0.5, 0.6) is 5.75 Å². The molecule has 1 aromatic carbocycles. The Morgan fingerprint density at radius 1 is 1.31 bits per heavy atom. The van der Waals surface area contributed by atoms with E-state index in [1.807, 2.05) is 43.3 Å². The Morgan fingerprint density at radius 3 is 2.85 bits per heavy atom. The number of carboxylic acid groups (broad SMARTS) is 1. The molecular formula is C21H26N2O3. The third kappa shape index (κ3) is 4.41. The molecule has 1 aliphatic heterocycles. The minimum absolute atomic E-state index is 0.0507. The van der Waals surface area contributed by atoms with Gasteiger partial charge < -0.3 is 9.84 Å². The fourth-order valence-corrected chi connectivity index (χ4v) is 3.69. The molecule has 0 radical (unpaired) electrons. The average molecular weight is 354 g/mol. The molecule has 2 heterocycles. The Morgan fingerprint density at radius 2 is 2.12 bits per heavy atom. The zero-order chi connectivity index (χ0) is 18.4. The number of ether oxygens (including phenoxy) is 1. The summed E-state index contributed by atoms with van der Waals surface area (Å²) in [6.07, 6.45) is 4.18. The van der Waals surface area contributed by atoms with E-state index in [0.29, 0.717) is 13.2 Å². The predicted molar refractivity (Wildman–Crippen MR) is 100 cm³/mol. The summed E-state index contributed by atoms with van der Waals surface area (Å²) in [4.78, 5) is 18.3. The van der Waals surface area contributed by atoms with Gasteiger partial charge in [-0.15, -0.1) is 0 Å². The van der Waals surface area contributed by atoms with Crippen molar-refractivity contribution in [1.82, 2.24) is 9.88 Å². The molecule has 0 bridgehead atoms. The van der Waals surface area contributed by atoms with E-state index in [1.54, 1.807) is 6.20 Å². The first-order chi connectivity index (χ1) is 12.7. The molecule has 138 valence electrons. The Kier molecular flexibility index (Phi) is 6.23. The van der Waals surface area contributed by atoms with Gasteiger partial charge in [0, 0.05) is 36.5 Å². The van der Waals surface area contributed by atoms with E-state index >= 15 is 0 Å². The maximum absolute atomic E-state index is 11.5. The number of pyridine rings is 1. The smallest absolute Gasteiger partial charge is 0.307 e. The molecule has 1 saturated heterocycles. The molecule has 1 aliphatic rings. The van der Waals surface area contributed by atoms with Crippen molar-refractivity contribution < 1.29 is 14.6 Å². The molecule has 3 rings (SSSR count). The number of para-hydroxylation sites is 1. The molecule has 26 heavy (non-hydrogen) atoms. The Balaban J connectivity index is 1.93. The molecule has 2 unspecified atom stereocenters. The van der Waals surface area contributed by atoms with E-state index < -0.39 is 5.97 Å². The molecule has 5 heteroatoms. The fourth-order valence-electron chi connectivity index (χ4n) is 3.69. The highest BCUT2D eigenvalue weighted by atomic mass is 16.5. The van der Waals surface area contributed by atoms with Gasteiger partial charge in [-0.1, -0.05) is 24.3 Å². The second-order valence-electron chi connectivity index (χ2n) is 6.68. The number of carboxylic acids is 1. The van der Waals surface area contributed by atoms with Gasteiger partial charge in [0.25, 0.3) is 0 Å². The first-order valence-electron chi connectivity index (χ1n) is 9.27. The predicted octanol–water partition coefficient (Wildman–Crippen LogP) is 3.56.